The Bertz CT molecular complexity index is 1850. The summed E-state index contributed by atoms with van der Waals surface area (Å²) in [5, 5.41) is 24.9. The number of anilines is 1. The molecule has 2 aromatic carbocycles. The number of carbonyl (C=O) groups excluding carboxylic acids is 1. The van der Waals surface area contributed by atoms with E-state index in [9.17, 15) is 19.8 Å². The first-order chi connectivity index (χ1) is 26.3. The molecule has 2 aliphatic rings. The van der Waals surface area contributed by atoms with E-state index in [1.54, 1.807) is 12.1 Å². The Morgan fingerprint density at radius 2 is 1.91 bits per heavy atom. The highest BCUT2D eigenvalue weighted by atomic mass is 16.5. The van der Waals surface area contributed by atoms with Gasteiger partial charge in [-0.2, -0.15) is 0 Å². The van der Waals surface area contributed by atoms with Crippen molar-refractivity contribution in [1.29, 1.82) is 0 Å². The van der Waals surface area contributed by atoms with Crippen molar-refractivity contribution in [3.63, 3.8) is 0 Å². The molecule has 0 bridgehead atoms. The number of hydrogen-bond donors (Lipinski definition) is 4. The minimum atomic E-state index is -0.855. The maximum atomic E-state index is 13.2. The third-order valence-electron chi connectivity index (χ3n) is 10.7. The number of aliphatic hydroxyl groups is 1. The molecule has 12 heteroatoms. The number of nitrogens with zero attached hydrogens (tertiary/aromatic N) is 4. The Morgan fingerprint density at radius 3 is 2.72 bits per heavy atom. The van der Waals surface area contributed by atoms with Crippen molar-refractivity contribution in [1.82, 2.24) is 25.1 Å². The van der Waals surface area contributed by atoms with Gasteiger partial charge in [-0.3, -0.25) is 14.5 Å². The molecule has 290 valence electrons. The summed E-state index contributed by atoms with van der Waals surface area (Å²) in [6, 6.07) is 20.9. The first kappa shape index (κ1) is 39.4. The van der Waals surface area contributed by atoms with Crippen LogP contribution in [0.4, 0.5) is 5.82 Å². The Labute approximate surface area is 318 Å². The molecule has 54 heavy (non-hydrogen) atoms. The number of benzene rings is 2. The number of aliphatic hydroxyl groups excluding tert-OH is 1. The van der Waals surface area contributed by atoms with E-state index in [4.69, 9.17) is 9.47 Å². The number of unbranched alkanes of at least 4 members (excludes halogenated alkanes) is 1. The molecule has 2 aromatic heterocycles. The molecule has 0 radical (unpaired) electrons. The fourth-order valence-corrected chi connectivity index (χ4v) is 7.58. The predicted octanol–water partition coefficient (Wildman–Crippen LogP) is 4.40. The molecule has 1 atom stereocenters. The van der Waals surface area contributed by atoms with Crippen LogP contribution in [-0.4, -0.2) is 114 Å². The number of aromatic amines is 1. The van der Waals surface area contributed by atoms with Crippen molar-refractivity contribution < 1.29 is 24.5 Å². The number of rotatable bonds is 18. The number of phenols is 1. The SMILES string of the molecule is CCCCN(CCNCC(O)c1ccc(O)c2[nH]c(=O)ccc12)C(=O)CCOCCc1cccc(CN2CCC3(CC2)CN(c2ccccn2)CCO3)c1. The van der Waals surface area contributed by atoms with Crippen LogP contribution >= 0.6 is 0 Å². The molecule has 2 saturated heterocycles. The van der Waals surface area contributed by atoms with Crippen LogP contribution in [0.15, 0.2) is 77.7 Å². The zero-order valence-corrected chi connectivity index (χ0v) is 31.5. The molecule has 2 fully saturated rings. The maximum absolute atomic E-state index is 13.2. The fourth-order valence-electron chi connectivity index (χ4n) is 7.58. The van der Waals surface area contributed by atoms with Crippen LogP contribution in [0.2, 0.25) is 0 Å². The number of nitrogens with one attached hydrogen (secondary N) is 2. The summed E-state index contributed by atoms with van der Waals surface area (Å²) in [6.07, 6.45) is 6.05. The fraction of sp³-hybridized carbons (Fsp3) is 0.500. The number of likely N-dealkylation sites (tertiary alicyclic amines) is 1. The largest absolute Gasteiger partial charge is 0.506 e. The number of fused-ring (bicyclic) bond motifs is 1. The van der Waals surface area contributed by atoms with Gasteiger partial charge in [0.25, 0.3) is 0 Å². The summed E-state index contributed by atoms with van der Waals surface area (Å²) in [5.74, 6) is 1.05. The number of ether oxygens (including phenoxy) is 2. The lowest BCUT2D eigenvalue weighted by Crippen LogP contribution is -2.57. The molecule has 4 heterocycles. The van der Waals surface area contributed by atoms with Gasteiger partial charge in [0.1, 0.15) is 11.6 Å². The summed E-state index contributed by atoms with van der Waals surface area (Å²) >= 11 is 0. The van der Waals surface area contributed by atoms with E-state index in [0.29, 0.717) is 55.7 Å². The van der Waals surface area contributed by atoms with E-state index in [1.165, 1.54) is 23.3 Å². The number of phenolic OH excluding ortho intramolecular Hbond substituents is 1. The van der Waals surface area contributed by atoms with Crippen LogP contribution in [0.25, 0.3) is 10.9 Å². The Balaban J connectivity index is 0.886. The number of amides is 1. The van der Waals surface area contributed by atoms with Gasteiger partial charge in [-0.1, -0.05) is 49.7 Å². The van der Waals surface area contributed by atoms with Crippen LogP contribution < -0.4 is 15.8 Å². The quantitative estimate of drug-likeness (QED) is 0.109. The minimum Gasteiger partial charge on any atom is -0.506 e. The van der Waals surface area contributed by atoms with Crippen LogP contribution in [-0.2, 0) is 27.2 Å². The first-order valence-electron chi connectivity index (χ1n) is 19.5. The number of pyridine rings is 2. The number of hydrogen-bond acceptors (Lipinski definition) is 10. The molecule has 6 rings (SSSR count). The summed E-state index contributed by atoms with van der Waals surface area (Å²) in [4.78, 5) is 38.8. The molecular weight excluding hydrogens is 684 g/mol. The standard InChI is InChI=1S/C42H56N6O6/c1-2-3-20-47(23-19-43-29-37(50)34-10-12-36(49)41-35(34)11-13-39(51)45-41)40(52)15-26-53-25-14-32-7-6-8-33(28-32)30-46-21-16-42(17-22-46)31-48(24-27-54-42)38-9-4-5-18-44-38/h4-13,18,28,37,43,49-50H,2-3,14-17,19-27,29-31H2,1H3,(H,45,51). The molecule has 4 N–H and O–H groups in total. The lowest BCUT2D eigenvalue weighted by molar-refractivity contribution is -0.132. The van der Waals surface area contributed by atoms with Gasteiger partial charge in [0.05, 0.1) is 43.5 Å². The molecule has 1 unspecified atom stereocenters. The smallest absolute Gasteiger partial charge is 0.248 e. The zero-order chi connectivity index (χ0) is 37.8. The monoisotopic (exact) mass is 740 g/mol. The number of piperidine rings is 1. The number of H-pyrrole nitrogens is 1. The van der Waals surface area contributed by atoms with Crippen molar-refractivity contribution in [3.05, 3.63) is 100.0 Å². The lowest BCUT2D eigenvalue weighted by Gasteiger charge is -2.47. The topological polar surface area (TPSA) is 143 Å². The average molecular weight is 741 g/mol. The molecule has 0 aliphatic carbocycles. The van der Waals surface area contributed by atoms with Gasteiger partial charge in [0.15, 0.2) is 0 Å². The number of morpholine rings is 1. The highest BCUT2D eigenvalue weighted by Crippen LogP contribution is 2.32. The van der Waals surface area contributed by atoms with Crippen LogP contribution in [0.3, 0.4) is 0 Å². The van der Waals surface area contributed by atoms with Gasteiger partial charge in [-0.05, 0) is 66.6 Å². The number of aromatic hydroxyl groups is 1. The first-order valence-corrected chi connectivity index (χ1v) is 19.5. The Morgan fingerprint density at radius 1 is 1.06 bits per heavy atom. The molecule has 1 spiro atoms. The molecule has 4 aromatic rings. The second-order valence-electron chi connectivity index (χ2n) is 14.6. The third kappa shape index (κ3) is 10.7. The Kier molecular flexibility index (Phi) is 14.1. The van der Waals surface area contributed by atoms with Gasteiger partial charge in [0, 0.05) is 76.6 Å². The highest BCUT2D eigenvalue weighted by Gasteiger charge is 2.40. The molecular formula is C42H56N6O6. The van der Waals surface area contributed by atoms with E-state index in [0.717, 1.165) is 77.3 Å². The molecule has 0 saturated carbocycles. The van der Waals surface area contributed by atoms with Gasteiger partial charge in [-0.15, -0.1) is 0 Å². The van der Waals surface area contributed by atoms with E-state index in [1.807, 2.05) is 23.2 Å². The van der Waals surface area contributed by atoms with Gasteiger partial charge < -0.3 is 39.8 Å². The van der Waals surface area contributed by atoms with E-state index in [-0.39, 0.29) is 29.4 Å². The Hall–Kier alpha value is -4.33. The molecule has 2 aliphatic heterocycles. The van der Waals surface area contributed by atoms with Crippen LogP contribution in [0.5, 0.6) is 5.75 Å². The summed E-state index contributed by atoms with van der Waals surface area (Å²) in [7, 11) is 0. The van der Waals surface area contributed by atoms with Gasteiger partial charge in [-0.25, -0.2) is 4.98 Å². The highest BCUT2D eigenvalue weighted by molar-refractivity contribution is 5.87. The van der Waals surface area contributed by atoms with E-state index in [2.05, 4.69) is 62.3 Å². The summed E-state index contributed by atoms with van der Waals surface area (Å²) < 4.78 is 12.3. The van der Waals surface area contributed by atoms with Gasteiger partial charge >= 0.3 is 0 Å². The number of aromatic nitrogens is 2. The normalized spacial score (nSPS) is 16.5. The molecule has 12 nitrogen and oxygen atoms in total. The van der Waals surface area contributed by atoms with Crippen molar-refractivity contribution in [3.8, 4) is 5.75 Å². The number of carbonyl (C=O) groups is 1. The van der Waals surface area contributed by atoms with Crippen molar-refractivity contribution in [2.75, 3.05) is 77.1 Å². The van der Waals surface area contributed by atoms with E-state index >= 15 is 0 Å². The van der Waals surface area contributed by atoms with Crippen LogP contribution in [0, 0.1) is 0 Å². The average Bonchev–Trinajstić information content (AvgIpc) is 3.19. The second-order valence-corrected chi connectivity index (χ2v) is 14.6. The third-order valence-corrected chi connectivity index (χ3v) is 10.7. The van der Waals surface area contributed by atoms with Gasteiger partial charge in [0.2, 0.25) is 11.5 Å². The van der Waals surface area contributed by atoms with E-state index < -0.39 is 6.10 Å². The predicted molar refractivity (Wildman–Crippen MR) is 211 cm³/mol. The second kappa shape index (κ2) is 19.3. The molecule has 1 amide bonds. The maximum Gasteiger partial charge on any atom is 0.248 e. The lowest BCUT2D eigenvalue weighted by atomic mass is 9.89. The minimum absolute atomic E-state index is 0.0443. The van der Waals surface area contributed by atoms with Crippen molar-refractivity contribution in [2.24, 2.45) is 0 Å². The van der Waals surface area contributed by atoms with Crippen molar-refractivity contribution in [2.45, 2.75) is 63.7 Å². The van der Waals surface area contributed by atoms with Crippen LogP contribution in [0.1, 0.15) is 61.8 Å². The summed E-state index contributed by atoms with van der Waals surface area (Å²) in [5.41, 5.74) is 3.03. The van der Waals surface area contributed by atoms with Crippen molar-refractivity contribution >= 4 is 22.6 Å². The summed E-state index contributed by atoms with van der Waals surface area (Å²) in [6.45, 7) is 10.5. The zero-order valence-electron chi connectivity index (χ0n) is 31.5.